The molecule has 2 rings (SSSR count). The molecule has 0 aliphatic carbocycles. The molecule has 0 spiro atoms. The topological polar surface area (TPSA) is 59.2 Å². The summed E-state index contributed by atoms with van der Waals surface area (Å²) in [5.41, 5.74) is 1.84. The van der Waals surface area contributed by atoms with E-state index < -0.39 is 5.97 Å². The summed E-state index contributed by atoms with van der Waals surface area (Å²) in [5, 5.41) is 0.506. The first-order valence-electron chi connectivity index (χ1n) is 5.92. The highest BCUT2D eigenvalue weighted by atomic mass is 16.5. The number of H-pyrrole nitrogens is 1. The number of carbonyl (C=O) groups is 1. The lowest BCUT2D eigenvalue weighted by Gasteiger charge is -2.05. The van der Waals surface area contributed by atoms with Gasteiger partial charge in [0.05, 0.1) is 12.2 Å². The van der Waals surface area contributed by atoms with Gasteiger partial charge in [-0.05, 0) is 31.5 Å². The molecule has 1 heterocycles. The van der Waals surface area contributed by atoms with Crippen molar-refractivity contribution in [3.05, 3.63) is 45.7 Å². The summed E-state index contributed by atoms with van der Waals surface area (Å²) < 4.78 is 5.04. The summed E-state index contributed by atoms with van der Waals surface area (Å²) in [5.74, 6) is -0.390. The molecule has 94 valence electrons. The van der Waals surface area contributed by atoms with E-state index in [2.05, 4.69) is 4.98 Å². The Morgan fingerprint density at radius 3 is 2.83 bits per heavy atom. The number of hydrogen-bond acceptors (Lipinski definition) is 3. The average molecular weight is 245 g/mol. The fourth-order valence-corrected chi connectivity index (χ4v) is 1.79. The van der Waals surface area contributed by atoms with Crippen LogP contribution >= 0.6 is 0 Å². The minimum Gasteiger partial charge on any atom is -0.462 e. The summed E-state index contributed by atoms with van der Waals surface area (Å²) in [7, 11) is 0. The Balaban J connectivity index is 2.44. The first-order chi connectivity index (χ1) is 8.61. The molecule has 0 amide bonds. The van der Waals surface area contributed by atoms with Crippen LogP contribution in [0.1, 0.15) is 29.4 Å². The number of benzene rings is 1. The Kier molecular flexibility index (Phi) is 3.46. The maximum Gasteiger partial charge on any atom is 0.338 e. The summed E-state index contributed by atoms with van der Waals surface area (Å²) in [6.45, 7) is 4.15. The highest BCUT2D eigenvalue weighted by molar-refractivity contribution is 5.94. The summed E-state index contributed by atoms with van der Waals surface area (Å²) in [6, 6.07) is 6.48. The lowest BCUT2D eigenvalue weighted by molar-refractivity contribution is 0.0505. The first kappa shape index (κ1) is 12.4. The number of esters is 1. The van der Waals surface area contributed by atoms with Gasteiger partial charge in [-0.3, -0.25) is 4.79 Å². The van der Waals surface area contributed by atoms with Crippen molar-refractivity contribution in [1.82, 2.24) is 4.98 Å². The van der Waals surface area contributed by atoms with Crippen molar-refractivity contribution in [3.8, 4) is 0 Å². The minimum atomic E-state index is -0.390. The van der Waals surface area contributed by atoms with Crippen molar-refractivity contribution in [1.29, 1.82) is 0 Å². The number of nitrogens with one attached hydrogen (secondary N) is 1. The first-order valence-corrected chi connectivity index (χ1v) is 5.92. The molecular formula is C14H15NO3. The third-order valence-electron chi connectivity index (χ3n) is 2.64. The molecule has 0 fully saturated rings. The summed E-state index contributed by atoms with van der Waals surface area (Å²) >= 11 is 0. The van der Waals surface area contributed by atoms with E-state index in [-0.39, 0.29) is 5.43 Å². The van der Waals surface area contributed by atoms with E-state index in [1.54, 1.807) is 18.2 Å². The van der Waals surface area contributed by atoms with Gasteiger partial charge >= 0.3 is 5.97 Å². The fraction of sp³-hybridized carbons (Fsp3) is 0.286. The number of rotatable bonds is 3. The van der Waals surface area contributed by atoms with Crippen LogP contribution in [-0.2, 0) is 4.74 Å². The molecule has 0 aliphatic rings. The smallest absolute Gasteiger partial charge is 0.338 e. The minimum absolute atomic E-state index is 0.0913. The van der Waals surface area contributed by atoms with Crippen LogP contribution in [0.15, 0.2) is 29.1 Å². The van der Waals surface area contributed by atoms with Crippen LogP contribution in [0.4, 0.5) is 0 Å². The highest BCUT2D eigenvalue weighted by Gasteiger charge is 2.09. The molecule has 0 atom stereocenters. The van der Waals surface area contributed by atoms with Crippen molar-refractivity contribution in [2.24, 2.45) is 0 Å². The third kappa shape index (κ3) is 2.42. The second kappa shape index (κ2) is 5.04. The average Bonchev–Trinajstić information content (AvgIpc) is 2.35. The number of ether oxygens (including phenoxy) is 1. The quantitative estimate of drug-likeness (QED) is 0.845. The Bertz CT molecular complexity index is 643. The van der Waals surface area contributed by atoms with Crippen LogP contribution in [0.2, 0.25) is 0 Å². The maximum absolute atomic E-state index is 11.8. The SMILES string of the molecule is CCCOC(=O)c1ccc2[nH]c(C)cc(=O)c2c1. The zero-order chi connectivity index (χ0) is 13.1. The molecule has 0 bridgehead atoms. The molecule has 1 N–H and O–H groups in total. The molecule has 1 aromatic heterocycles. The lowest BCUT2D eigenvalue weighted by atomic mass is 10.1. The van der Waals surface area contributed by atoms with E-state index in [1.165, 1.54) is 6.07 Å². The van der Waals surface area contributed by atoms with Gasteiger partial charge in [-0.1, -0.05) is 6.92 Å². The van der Waals surface area contributed by atoms with Crippen molar-refractivity contribution < 1.29 is 9.53 Å². The van der Waals surface area contributed by atoms with Crippen molar-refractivity contribution >= 4 is 16.9 Å². The molecule has 1 aromatic carbocycles. The molecular weight excluding hydrogens is 230 g/mol. The Labute approximate surface area is 105 Å². The predicted octanol–water partition coefficient (Wildman–Crippen LogP) is 2.40. The molecule has 0 unspecified atom stereocenters. The molecule has 4 heteroatoms. The second-order valence-electron chi connectivity index (χ2n) is 4.21. The van der Waals surface area contributed by atoms with E-state index in [4.69, 9.17) is 4.74 Å². The highest BCUT2D eigenvalue weighted by Crippen LogP contribution is 2.12. The van der Waals surface area contributed by atoms with Crippen molar-refractivity contribution in [2.45, 2.75) is 20.3 Å². The molecule has 0 radical (unpaired) electrons. The molecule has 18 heavy (non-hydrogen) atoms. The second-order valence-corrected chi connectivity index (χ2v) is 4.21. The monoisotopic (exact) mass is 245 g/mol. The molecule has 0 saturated carbocycles. The van der Waals surface area contributed by atoms with Gasteiger partial charge in [-0.25, -0.2) is 4.79 Å². The maximum atomic E-state index is 11.8. The van der Waals surface area contributed by atoms with Gasteiger partial charge < -0.3 is 9.72 Å². The predicted molar refractivity (Wildman–Crippen MR) is 69.9 cm³/mol. The van der Waals surface area contributed by atoms with Gasteiger partial charge in [0.2, 0.25) is 0 Å². The third-order valence-corrected chi connectivity index (χ3v) is 2.64. The number of pyridine rings is 1. The van der Waals surface area contributed by atoms with E-state index in [1.807, 2.05) is 13.8 Å². The lowest BCUT2D eigenvalue weighted by Crippen LogP contribution is -2.08. The largest absolute Gasteiger partial charge is 0.462 e. The summed E-state index contributed by atoms with van der Waals surface area (Å²) in [4.78, 5) is 26.6. The van der Waals surface area contributed by atoms with Gasteiger partial charge in [0.25, 0.3) is 0 Å². The van der Waals surface area contributed by atoms with Crippen LogP contribution in [0, 0.1) is 6.92 Å². The zero-order valence-corrected chi connectivity index (χ0v) is 10.4. The fourth-order valence-electron chi connectivity index (χ4n) is 1.79. The number of aromatic nitrogens is 1. The normalized spacial score (nSPS) is 10.6. The van der Waals surface area contributed by atoms with Crippen molar-refractivity contribution in [3.63, 3.8) is 0 Å². The van der Waals surface area contributed by atoms with Crippen molar-refractivity contribution in [2.75, 3.05) is 6.61 Å². The van der Waals surface area contributed by atoms with Crippen LogP contribution in [0.25, 0.3) is 10.9 Å². The molecule has 4 nitrogen and oxygen atoms in total. The van der Waals surface area contributed by atoms with E-state index >= 15 is 0 Å². The number of carbonyl (C=O) groups excluding carboxylic acids is 1. The van der Waals surface area contributed by atoms with Crippen LogP contribution in [0.5, 0.6) is 0 Å². The van der Waals surface area contributed by atoms with Gasteiger partial charge in [0, 0.05) is 22.7 Å². The number of fused-ring (bicyclic) bond motifs is 1. The van der Waals surface area contributed by atoms with Crippen LogP contribution in [-0.4, -0.2) is 17.6 Å². The van der Waals surface area contributed by atoms with Gasteiger partial charge in [-0.15, -0.1) is 0 Å². The number of aromatic amines is 1. The van der Waals surface area contributed by atoms with Crippen LogP contribution in [0.3, 0.4) is 0 Å². The van der Waals surface area contributed by atoms with Crippen LogP contribution < -0.4 is 5.43 Å². The van der Waals surface area contributed by atoms with E-state index in [9.17, 15) is 9.59 Å². The van der Waals surface area contributed by atoms with Gasteiger partial charge in [0.1, 0.15) is 0 Å². The Morgan fingerprint density at radius 2 is 2.11 bits per heavy atom. The molecule has 0 saturated heterocycles. The Morgan fingerprint density at radius 1 is 1.33 bits per heavy atom. The van der Waals surface area contributed by atoms with E-state index in [0.717, 1.165) is 17.6 Å². The zero-order valence-electron chi connectivity index (χ0n) is 10.4. The standard InChI is InChI=1S/C14H15NO3/c1-3-6-18-14(17)10-4-5-12-11(8-10)13(16)7-9(2)15-12/h4-5,7-8H,3,6H2,1-2H3,(H,15,16). The number of aryl methyl sites for hydroxylation is 1. The Hall–Kier alpha value is -2.10. The molecule has 2 aromatic rings. The summed E-state index contributed by atoms with van der Waals surface area (Å²) in [6.07, 6.45) is 0.777. The van der Waals surface area contributed by atoms with E-state index in [0.29, 0.717) is 17.6 Å². The number of hydrogen-bond donors (Lipinski definition) is 1. The van der Waals surface area contributed by atoms with Gasteiger partial charge in [-0.2, -0.15) is 0 Å². The van der Waals surface area contributed by atoms with Gasteiger partial charge in [0.15, 0.2) is 5.43 Å². The molecule has 0 aliphatic heterocycles.